The van der Waals surface area contributed by atoms with E-state index in [1.807, 2.05) is 5.01 Å². The minimum atomic E-state index is -1.01. The third-order valence-corrected chi connectivity index (χ3v) is 5.16. The standard InChI is InChI=1S/C14H17N3O3S/c1-8-4-3-5-16(6-8)17-7-15-12-10(13(17)18)9(2)11(21-12)14(19)20/h7-8H,3-6H2,1-2H3,(H,19,20). The Labute approximate surface area is 125 Å². The van der Waals surface area contributed by atoms with E-state index < -0.39 is 5.97 Å². The Morgan fingerprint density at radius 2 is 2.29 bits per heavy atom. The van der Waals surface area contributed by atoms with Crippen LogP contribution in [0.4, 0.5) is 0 Å². The van der Waals surface area contributed by atoms with Crippen molar-refractivity contribution in [2.75, 3.05) is 18.1 Å². The molecule has 1 unspecified atom stereocenters. The molecular formula is C14H17N3O3S. The highest BCUT2D eigenvalue weighted by atomic mass is 32.1. The summed E-state index contributed by atoms with van der Waals surface area (Å²) in [6.07, 6.45) is 3.74. The summed E-state index contributed by atoms with van der Waals surface area (Å²) in [5.41, 5.74) is 0.342. The van der Waals surface area contributed by atoms with Crippen LogP contribution in [0, 0.1) is 12.8 Å². The van der Waals surface area contributed by atoms with Crippen molar-refractivity contribution in [2.24, 2.45) is 5.92 Å². The lowest BCUT2D eigenvalue weighted by molar-refractivity contribution is 0.0701. The molecule has 112 valence electrons. The zero-order valence-electron chi connectivity index (χ0n) is 12.0. The molecule has 2 aromatic heterocycles. The summed E-state index contributed by atoms with van der Waals surface area (Å²) >= 11 is 1.06. The Hall–Kier alpha value is -1.89. The molecule has 1 saturated heterocycles. The van der Waals surface area contributed by atoms with Crippen LogP contribution < -0.4 is 10.6 Å². The first-order chi connectivity index (χ1) is 9.99. The summed E-state index contributed by atoms with van der Waals surface area (Å²) in [7, 11) is 0. The van der Waals surface area contributed by atoms with E-state index in [0.717, 1.165) is 30.8 Å². The number of aryl methyl sites for hydroxylation is 1. The van der Waals surface area contributed by atoms with Crippen molar-refractivity contribution in [3.63, 3.8) is 0 Å². The van der Waals surface area contributed by atoms with Crippen LogP contribution in [-0.4, -0.2) is 33.8 Å². The molecule has 3 heterocycles. The molecule has 7 heteroatoms. The molecular weight excluding hydrogens is 290 g/mol. The number of hydrogen-bond acceptors (Lipinski definition) is 5. The Balaban J connectivity index is 2.14. The van der Waals surface area contributed by atoms with Gasteiger partial charge in [-0.05, 0) is 31.2 Å². The molecule has 1 N–H and O–H groups in total. The fourth-order valence-electron chi connectivity index (χ4n) is 2.88. The van der Waals surface area contributed by atoms with E-state index in [1.54, 1.807) is 11.6 Å². The van der Waals surface area contributed by atoms with Gasteiger partial charge in [0.05, 0.1) is 5.39 Å². The van der Waals surface area contributed by atoms with E-state index in [9.17, 15) is 14.7 Å². The second kappa shape index (κ2) is 5.14. The number of nitrogens with zero attached hydrogens (tertiary/aromatic N) is 3. The van der Waals surface area contributed by atoms with Crippen LogP contribution in [0.3, 0.4) is 0 Å². The van der Waals surface area contributed by atoms with Crippen molar-refractivity contribution in [2.45, 2.75) is 26.7 Å². The number of rotatable bonds is 2. The van der Waals surface area contributed by atoms with Crippen molar-refractivity contribution in [3.8, 4) is 0 Å². The summed E-state index contributed by atoms with van der Waals surface area (Å²) in [6.45, 7) is 5.49. The molecule has 1 fully saturated rings. The highest BCUT2D eigenvalue weighted by Gasteiger charge is 2.22. The molecule has 0 aliphatic carbocycles. The van der Waals surface area contributed by atoms with Gasteiger partial charge in [-0.15, -0.1) is 11.3 Å². The first kappa shape index (κ1) is 14.1. The van der Waals surface area contributed by atoms with Gasteiger partial charge in [0.1, 0.15) is 16.0 Å². The zero-order chi connectivity index (χ0) is 15.1. The molecule has 0 amide bonds. The second-order valence-corrected chi connectivity index (χ2v) is 6.59. The van der Waals surface area contributed by atoms with Crippen LogP contribution in [0.2, 0.25) is 0 Å². The van der Waals surface area contributed by atoms with E-state index in [4.69, 9.17) is 0 Å². The number of carboxylic acid groups (broad SMARTS) is 1. The van der Waals surface area contributed by atoms with Crippen molar-refractivity contribution in [1.29, 1.82) is 0 Å². The summed E-state index contributed by atoms with van der Waals surface area (Å²) in [6, 6.07) is 0. The first-order valence-electron chi connectivity index (χ1n) is 6.98. The lowest BCUT2D eigenvalue weighted by atomic mass is 10.0. The van der Waals surface area contributed by atoms with Crippen molar-refractivity contribution in [3.05, 3.63) is 27.1 Å². The van der Waals surface area contributed by atoms with Gasteiger partial charge in [-0.25, -0.2) is 14.5 Å². The van der Waals surface area contributed by atoms with E-state index in [1.165, 1.54) is 12.7 Å². The molecule has 3 rings (SSSR count). The highest BCUT2D eigenvalue weighted by molar-refractivity contribution is 7.20. The molecule has 0 aromatic carbocycles. The summed E-state index contributed by atoms with van der Waals surface area (Å²) in [4.78, 5) is 28.9. The predicted octanol–water partition coefficient (Wildman–Crippen LogP) is 1.83. The topological polar surface area (TPSA) is 75.4 Å². The van der Waals surface area contributed by atoms with Gasteiger partial charge in [-0.2, -0.15) is 0 Å². The quantitative estimate of drug-likeness (QED) is 0.916. The molecule has 6 nitrogen and oxygen atoms in total. The number of hydrogen-bond donors (Lipinski definition) is 1. The molecule has 0 spiro atoms. The third kappa shape index (κ3) is 2.31. The normalized spacial score (nSPS) is 19.1. The van der Waals surface area contributed by atoms with E-state index >= 15 is 0 Å². The van der Waals surface area contributed by atoms with Crippen LogP contribution in [-0.2, 0) is 0 Å². The molecule has 0 bridgehead atoms. The van der Waals surface area contributed by atoms with Crippen molar-refractivity contribution in [1.82, 2.24) is 9.66 Å². The molecule has 2 aromatic rings. The van der Waals surface area contributed by atoms with E-state index in [-0.39, 0.29) is 10.4 Å². The Bertz CT molecular complexity index is 765. The number of fused-ring (bicyclic) bond motifs is 1. The number of aromatic nitrogens is 2. The average molecular weight is 307 g/mol. The average Bonchev–Trinajstić information content (AvgIpc) is 2.77. The van der Waals surface area contributed by atoms with E-state index in [0.29, 0.717) is 21.7 Å². The van der Waals surface area contributed by atoms with Gasteiger partial charge in [0.2, 0.25) is 0 Å². The lowest BCUT2D eigenvalue weighted by Gasteiger charge is -2.33. The SMILES string of the molecule is Cc1c(C(=O)O)sc2ncn(N3CCCC(C)C3)c(=O)c12. The highest BCUT2D eigenvalue weighted by Crippen LogP contribution is 2.26. The van der Waals surface area contributed by atoms with Gasteiger partial charge in [-0.3, -0.25) is 4.79 Å². The summed E-state index contributed by atoms with van der Waals surface area (Å²) in [5.74, 6) is -0.465. The molecule has 21 heavy (non-hydrogen) atoms. The maximum Gasteiger partial charge on any atom is 0.346 e. The Kier molecular flexibility index (Phi) is 3.44. The fraction of sp³-hybridized carbons (Fsp3) is 0.500. The zero-order valence-corrected chi connectivity index (χ0v) is 12.8. The maximum absolute atomic E-state index is 12.7. The van der Waals surface area contributed by atoms with Gasteiger partial charge in [0, 0.05) is 13.1 Å². The van der Waals surface area contributed by atoms with Gasteiger partial charge in [0.15, 0.2) is 0 Å². The van der Waals surface area contributed by atoms with Crippen LogP contribution in [0.15, 0.2) is 11.1 Å². The smallest absolute Gasteiger partial charge is 0.346 e. The van der Waals surface area contributed by atoms with Crippen molar-refractivity contribution >= 4 is 27.5 Å². The maximum atomic E-state index is 12.7. The van der Waals surface area contributed by atoms with Gasteiger partial charge < -0.3 is 10.1 Å². The van der Waals surface area contributed by atoms with Crippen LogP contribution in [0.1, 0.15) is 35.0 Å². The first-order valence-corrected chi connectivity index (χ1v) is 7.80. The van der Waals surface area contributed by atoms with Gasteiger partial charge in [-0.1, -0.05) is 6.92 Å². The molecule has 1 aliphatic rings. The number of thiophene rings is 1. The summed E-state index contributed by atoms with van der Waals surface area (Å²) < 4.78 is 1.54. The largest absolute Gasteiger partial charge is 0.477 e. The molecule has 0 radical (unpaired) electrons. The summed E-state index contributed by atoms with van der Waals surface area (Å²) in [5, 5.41) is 11.6. The fourth-order valence-corrected chi connectivity index (χ4v) is 3.86. The Morgan fingerprint density at radius 1 is 1.52 bits per heavy atom. The second-order valence-electron chi connectivity index (χ2n) is 5.60. The minimum Gasteiger partial charge on any atom is -0.477 e. The number of carbonyl (C=O) groups is 1. The monoisotopic (exact) mass is 307 g/mol. The van der Waals surface area contributed by atoms with Crippen molar-refractivity contribution < 1.29 is 9.90 Å². The number of carboxylic acids is 1. The molecule has 1 aliphatic heterocycles. The van der Waals surface area contributed by atoms with E-state index in [2.05, 4.69) is 11.9 Å². The van der Waals surface area contributed by atoms with Crippen LogP contribution in [0.25, 0.3) is 10.2 Å². The predicted molar refractivity (Wildman–Crippen MR) is 81.9 cm³/mol. The third-order valence-electron chi connectivity index (χ3n) is 3.97. The molecule has 1 atom stereocenters. The van der Waals surface area contributed by atoms with Gasteiger partial charge >= 0.3 is 5.97 Å². The van der Waals surface area contributed by atoms with Gasteiger partial charge in [0.25, 0.3) is 5.56 Å². The number of piperidine rings is 1. The lowest BCUT2D eigenvalue weighted by Crippen LogP contribution is -2.47. The Morgan fingerprint density at radius 3 is 2.95 bits per heavy atom. The number of aromatic carboxylic acids is 1. The van der Waals surface area contributed by atoms with Crippen LogP contribution in [0.5, 0.6) is 0 Å². The van der Waals surface area contributed by atoms with Crippen LogP contribution >= 0.6 is 11.3 Å². The minimum absolute atomic E-state index is 0.171. The molecule has 0 saturated carbocycles.